The van der Waals surface area contributed by atoms with Gasteiger partial charge in [0.05, 0.1) is 11.1 Å². The minimum atomic E-state index is -4.57. The number of carbonyl (C=O) groups excluding carboxylic acids is 1. The van der Waals surface area contributed by atoms with Crippen molar-refractivity contribution in [2.24, 2.45) is 5.16 Å². The lowest BCUT2D eigenvalue weighted by Gasteiger charge is -2.06. The molecule has 0 atom stereocenters. The first-order valence-electron chi connectivity index (χ1n) is 6.31. The van der Waals surface area contributed by atoms with Crippen LogP contribution in [0, 0.1) is 11.3 Å². The van der Waals surface area contributed by atoms with E-state index in [9.17, 15) is 26.4 Å². The second kappa shape index (κ2) is 7.04. The van der Waals surface area contributed by atoms with Crippen molar-refractivity contribution in [2.45, 2.75) is 10.4 Å². The van der Waals surface area contributed by atoms with Gasteiger partial charge < -0.3 is 4.84 Å². The van der Waals surface area contributed by atoms with E-state index in [2.05, 4.69) is 9.99 Å². The van der Waals surface area contributed by atoms with Crippen molar-refractivity contribution in [3.63, 3.8) is 0 Å². The van der Waals surface area contributed by atoms with Crippen LogP contribution in [0.15, 0.2) is 51.1 Å². The molecule has 0 bridgehead atoms. The summed E-state index contributed by atoms with van der Waals surface area (Å²) in [7, 11) is -4.23. The van der Waals surface area contributed by atoms with Gasteiger partial charge in [0.1, 0.15) is 10.3 Å². The van der Waals surface area contributed by atoms with Crippen LogP contribution in [0.1, 0.15) is 15.9 Å². The van der Waals surface area contributed by atoms with Crippen LogP contribution in [-0.2, 0) is 20.9 Å². The fraction of sp³-hybridized carbons (Fsp3) is 0.0714. The van der Waals surface area contributed by atoms with Crippen LogP contribution in [0.4, 0.5) is 13.2 Å². The Kier molecular flexibility index (Phi) is 5.24. The van der Waals surface area contributed by atoms with E-state index in [1.807, 2.05) is 0 Å². The second-order valence-electron chi connectivity index (χ2n) is 4.40. The van der Waals surface area contributed by atoms with Crippen LogP contribution >= 0.6 is 11.3 Å². The average molecular weight is 388 g/mol. The molecule has 0 unspecified atom stereocenters. The van der Waals surface area contributed by atoms with Crippen molar-refractivity contribution < 1.29 is 31.2 Å². The first-order valence-corrected chi connectivity index (χ1v) is 8.68. The van der Waals surface area contributed by atoms with Crippen LogP contribution in [-0.4, -0.2) is 19.4 Å². The summed E-state index contributed by atoms with van der Waals surface area (Å²) in [6.45, 7) is 0. The molecule has 0 spiro atoms. The van der Waals surface area contributed by atoms with E-state index >= 15 is 0 Å². The third kappa shape index (κ3) is 4.23. The van der Waals surface area contributed by atoms with Crippen molar-refractivity contribution >= 4 is 32.2 Å². The van der Waals surface area contributed by atoms with Gasteiger partial charge in [0.15, 0.2) is 0 Å². The number of hydrogen-bond acceptors (Lipinski definition) is 7. The Labute approximate surface area is 143 Å². The van der Waals surface area contributed by atoms with Crippen molar-refractivity contribution in [1.82, 2.24) is 0 Å². The summed E-state index contributed by atoms with van der Waals surface area (Å²) in [4.78, 5) is 16.1. The molecular weight excluding hydrogens is 381 g/mol. The van der Waals surface area contributed by atoms with Gasteiger partial charge in [0.25, 0.3) is 5.04 Å². The highest BCUT2D eigenvalue weighted by Crippen LogP contribution is 2.29. The van der Waals surface area contributed by atoms with Crippen molar-refractivity contribution in [3.05, 3.63) is 52.9 Å². The zero-order chi connectivity index (χ0) is 18.7. The summed E-state index contributed by atoms with van der Waals surface area (Å²) in [6, 6.07) is 7.01. The molecule has 6 nitrogen and oxygen atoms in total. The highest BCUT2D eigenvalue weighted by Gasteiger charge is 2.30. The third-order valence-corrected chi connectivity index (χ3v) is 5.72. The van der Waals surface area contributed by atoms with Gasteiger partial charge in [-0.05, 0) is 35.7 Å². The summed E-state index contributed by atoms with van der Waals surface area (Å²) in [5, 5.41) is 12.3. The molecule has 1 heterocycles. The van der Waals surface area contributed by atoms with Gasteiger partial charge in [-0.1, -0.05) is 11.2 Å². The monoisotopic (exact) mass is 388 g/mol. The first-order chi connectivity index (χ1) is 11.7. The number of carbonyl (C=O) groups is 1. The molecule has 0 aliphatic carbocycles. The van der Waals surface area contributed by atoms with Crippen LogP contribution in [0.2, 0.25) is 0 Å². The number of alkyl halides is 3. The maximum atomic E-state index is 12.4. The molecule has 0 amide bonds. The Bertz CT molecular complexity index is 941. The Hall–Kier alpha value is -2.71. The highest BCUT2D eigenvalue weighted by molar-refractivity contribution is 8.08. The number of rotatable bonds is 3. The lowest BCUT2D eigenvalue weighted by atomic mass is 10.1. The van der Waals surface area contributed by atoms with Gasteiger partial charge in [-0.15, -0.1) is 11.3 Å². The number of nitrogens with zero attached hydrogens (tertiary/aromatic N) is 2. The predicted molar refractivity (Wildman–Crippen MR) is 81.4 cm³/mol. The van der Waals surface area contributed by atoms with Gasteiger partial charge >= 0.3 is 12.1 Å². The summed E-state index contributed by atoms with van der Waals surface area (Å²) in [5.74, 6) is -1.21. The van der Waals surface area contributed by atoms with Crippen molar-refractivity contribution in [3.8, 4) is 6.07 Å². The lowest BCUT2D eigenvalue weighted by Crippen LogP contribution is -2.14. The lowest BCUT2D eigenvalue weighted by molar-refractivity contribution is -0.137. The van der Waals surface area contributed by atoms with Crippen LogP contribution in [0.5, 0.6) is 0 Å². The molecule has 0 saturated heterocycles. The third-order valence-electron chi connectivity index (χ3n) is 2.77. The van der Waals surface area contributed by atoms with Gasteiger partial charge in [-0.25, -0.2) is 13.2 Å². The second-order valence-corrected chi connectivity index (χ2v) is 7.44. The van der Waals surface area contributed by atoms with Crippen molar-refractivity contribution in [1.29, 1.82) is 5.26 Å². The molecule has 0 aliphatic rings. The topological polar surface area (TPSA) is 96.6 Å². The van der Waals surface area contributed by atoms with Crippen molar-refractivity contribution in [2.75, 3.05) is 0 Å². The summed E-state index contributed by atoms with van der Waals surface area (Å²) in [6.07, 6.45) is -4.57. The Morgan fingerprint density at radius 2 is 1.84 bits per heavy atom. The fourth-order valence-corrected chi connectivity index (χ4v) is 3.63. The molecule has 25 heavy (non-hydrogen) atoms. The minimum Gasteiger partial charge on any atom is -0.311 e. The number of nitriles is 1. The predicted octanol–water partition coefficient (Wildman–Crippen LogP) is 3.23. The van der Waals surface area contributed by atoms with E-state index < -0.39 is 32.6 Å². The maximum Gasteiger partial charge on any atom is 0.416 e. The fourth-order valence-electron chi connectivity index (χ4n) is 1.57. The van der Waals surface area contributed by atoms with E-state index in [0.717, 1.165) is 23.5 Å². The number of oxime groups is 1. The molecule has 0 saturated carbocycles. The molecule has 0 fully saturated rings. The Morgan fingerprint density at radius 3 is 2.32 bits per heavy atom. The minimum absolute atomic E-state index is 0.168. The Balaban J connectivity index is 2.20. The molecule has 0 radical (unpaired) electrons. The summed E-state index contributed by atoms with van der Waals surface area (Å²) < 4.78 is 61.3. The van der Waals surface area contributed by atoms with Gasteiger partial charge in [0.2, 0.25) is 9.84 Å². The number of hydrogen-bond donors (Lipinski definition) is 0. The highest BCUT2D eigenvalue weighted by atomic mass is 32.2. The quantitative estimate of drug-likeness (QED) is 0.348. The Morgan fingerprint density at radius 1 is 1.20 bits per heavy atom. The zero-order valence-corrected chi connectivity index (χ0v) is 13.7. The average Bonchev–Trinajstić information content (AvgIpc) is 3.09. The molecule has 0 N–H and O–H groups in total. The molecule has 2 rings (SSSR count). The van der Waals surface area contributed by atoms with Crippen LogP contribution in [0.3, 0.4) is 0 Å². The van der Waals surface area contributed by atoms with Crippen LogP contribution in [0.25, 0.3) is 0 Å². The van der Waals surface area contributed by atoms with E-state index in [1.165, 1.54) is 23.6 Å². The normalized spacial score (nSPS) is 12.5. The number of halogens is 3. The van der Waals surface area contributed by atoms with Gasteiger partial charge in [-0.3, -0.25) is 0 Å². The molecule has 0 aliphatic heterocycles. The molecule has 1 aromatic carbocycles. The van der Waals surface area contributed by atoms with Gasteiger partial charge in [0, 0.05) is 0 Å². The molecule has 2 aromatic rings. The molecule has 130 valence electrons. The maximum absolute atomic E-state index is 12.4. The van der Waals surface area contributed by atoms with E-state index in [-0.39, 0.29) is 9.77 Å². The summed E-state index contributed by atoms with van der Waals surface area (Å²) >= 11 is 0.841. The zero-order valence-electron chi connectivity index (χ0n) is 12.0. The SMILES string of the molecule is N#CC(=NOC(=O)c1ccc(C(F)(F)F)cc1)S(=O)(=O)c1cccs1. The van der Waals surface area contributed by atoms with E-state index in [1.54, 1.807) is 0 Å². The molecular formula is C14H7F3N2O4S2. The smallest absolute Gasteiger partial charge is 0.311 e. The summed E-state index contributed by atoms with van der Waals surface area (Å²) in [5.41, 5.74) is -1.26. The molecule has 11 heteroatoms. The number of thiophene rings is 1. The van der Waals surface area contributed by atoms with E-state index in [0.29, 0.717) is 12.1 Å². The number of sulfone groups is 1. The standard InChI is InChI=1S/C14H7F3N2O4S2/c15-14(16,17)10-5-3-9(4-6-10)13(20)23-19-11(8-18)25(21,22)12-2-1-7-24-12/h1-7H. The van der Waals surface area contributed by atoms with Crippen LogP contribution < -0.4 is 0 Å². The van der Waals surface area contributed by atoms with E-state index in [4.69, 9.17) is 5.26 Å². The largest absolute Gasteiger partial charge is 0.416 e. The number of benzene rings is 1. The van der Waals surface area contributed by atoms with Gasteiger partial charge in [-0.2, -0.15) is 18.4 Å². The first kappa shape index (κ1) is 18.6. The molecule has 1 aromatic heterocycles.